The van der Waals surface area contributed by atoms with E-state index in [0.717, 1.165) is 31.9 Å². The molecule has 0 bridgehead atoms. The summed E-state index contributed by atoms with van der Waals surface area (Å²) < 4.78 is 0. The highest BCUT2D eigenvalue weighted by molar-refractivity contribution is 5.89. The number of nitrogens with zero attached hydrogens (tertiary/aromatic N) is 1. The molecule has 5 heteroatoms. The van der Waals surface area contributed by atoms with Crippen LogP contribution in [0.1, 0.15) is 12.0 Å². The summed E-state index contributed by atoms with van der Waals surface area (Å²) in [6.07, 6.45) is 3.13. The molecule has 130 valence electrons. The van der Waals surface area contributed by atoms with Crippen molar-refractivity contribution in [3.05, 3.63) is 72.3 Å². The lowest BCUT2D eigenvalue weighted by Gasteiger charge is -2.28. The van der Waals surface area contributed by atoms with Gasteiger partial charge in [-0.2, -0.15) is 0 Å². The van der Waals surface area contributed by atoms with Crippen molar-refractivity contribution in [3.63, 3.8) is 0 Å². The number of urea groups is 1. The summed E-state index contributed by atoms with van der Waals surface area (Å²) in [5.74, 6) is 0. The number of amides is 2. The molecule has 0 spiro atoms. The van der Waals surface area contributed by atoms with E-state index in [2.05, 4.69) is 51.2 Å². The zero-order valence-corrected chi connectivity index (χ0v) is 14.2. The molecule has 1 aliphatic rings. The average molecular weight is 336 g/mol. The Morgan fingerprint density at radius 2 is 1.76 bits per heavy atom. The van der Waals surface area contributed by atoms with E-state index in [1.807, 2.05) is 36.4 Å². The minimum absolute atomic E-state index is 0.158. The maximum Gasteiger partial charge on any atom is 0.319 e. The smallest absolute Gasteiger partial charge is 0.319 e. The van der Waals surface area contributed by atoms with E-state index in [-0.39, 0.29) is 6.03 Å². The van der Waals surface area contributed by atoms with Gasteiger partial charge in [0.25, 0.3) is 0 Å². The summed E-state index contributed by atoms with van der Waals surface area (Å²) in [5, 5.41) is 9.17. The largest absolute Gasteiger partial charge is 0.372 e. The molecule has 0 atom stereocenters. The molecule has 0 fully saturated rings. The van der Waals surface area contributed by atoms with Crippen LogP contribution in [0.25, 0.3) is 5.70 Å². The molecule has 1 heterocycles. The van der Waals surface area contributed by atoms with Crippen LogP contribution in [-0.2, 0) is 0 Å². The summed E-state index contributed by atoms with van der Waals surface area (Å²) in [5.41, 5.74) is 3.22. The number of hydrogen-bond donors (Lipinski definition) is 3. The molecule has 0 saturated heterocycles. The standard InChI is InChI=1S/C20H24N4O/c25-20(23-18-10-5-2-6-11-18)21-13-7-14-24-15-12-19(22-16-24)17-8-3-1-4-9-17/h1-6,8-12,22H,7,13-16H2,(H2,21,23,25). The minimum atomic E-state index is -0.158. The highest BCUT2D eigenvalue weighted by atomic mass is 16.2. The number of hydrogen-bond acceptors (Lipinski definition) is 3. The summed E-state index contributed by atoms with van der Waals surface area (Å²) in [4.78, 5) is 14.1. The van der Waals surface area contributed by atoms with E-state index in [1.165, 1.54) is 11.3 Å². The first-order valence-electron chi connectivity index (χ1n) is 8.63. The van der Waals surface area contributed by atoms with Crippen molar-refractivity contribution in [2.45, 2.75) is 6.42 Å². The van der Waals surface area contributed by atoms with Gasteiger partial charge in [0.2, 0.25) is 0 Å². The average Bonchev–Trinajstić information content (AvgIpc) is 2.67. The van der Waals surface area contributed by atoms with Gasteiger partial charge in [-0.1, -0.05) is 48.5 Å². The van der Waals surface area contributed by atoms with Crippen molar-refractivity contribution in [1.82, 2.24) is 15.5 Å². The van der Waals surface area contributed by atoms with Crippen LogP contribution < -0.4 is 16.0 Å². The molecule has 0 aliphatic carbocycles. The summed E-state index contributed by atoms with van der Waals surface area (Å²) in [6.45, 7) is 3.35. The van der Waals surface area contributed by atoms with Crippen LogP contribution in [0.2, 0.25) is 0 Å². The van der Waals surface area contributed by atoms with Gasteiger partial charge in [-0.3, -0.25) is 4.90 Å². The van der Waals surface area contributed by atoms with Gasteiger partial charge < -0.3 is 16.0 Å². The Morgan fingerprint density at radius 3 is 2.44 bits per heavy atom. The summed E-state index contributed by atoms with van der Waals surface area (Å²) in [7, 11) is 0. The van der Waals surface area contributed by atoms with E-state index in [1.54, 1.807) is 0 Å². The third kappa shape index (κ3) is 5.36. The molecular formula is C20H24N4O. The van der Waals surface area contributed by atoms with Crippen LogP contribution >= 0.6 is 0 Å². The molecule has 5 nitrogen and oxygen atoms in total. The Kier molecular flexibility index (Phi) is 6.06. The fourth-order valence-electron chi connectivity index (χ4n) is 2.76. The second kappa shape index (κ2) is 8.89. The normalized spacial score (nSPS) is 14.3. The van der Waals surface area contributed by atoms with Crippen molar-refractivity contribution in [2.75, 3.05) is 31.6 Å². The van der Waals surface area contributed by atoms with Crippen LogP contribution in [0.15, 0.2) is 66.7 Å². The van der Waals surface area contributed by atoms with E-state index >= 15 is 0 Å². The third-order valence-corrected chi connectivity index (χ3v) is 4.10. The number of carbonyl (C=O) groups is 1. The quantitative estimate of drug-likeness (QED) is 0.711. The topological polar surface area (TPSA) is 56.4 Å². The molecule has 1 aliphatic heterocycles. The van der Waals surface area contributed by atoms with E-state index in [4.69, 9.17) is 0 Å². The summed E-state index contributed by atoms with van der Waals surface area (Å²) in [6, 6.07) is 19.7. The molecule has 0 radical (unpaired) electrons. The predicted molar refractivity (Wildman–Crippen MR) is 102 cm³/mol. The van der Waals surface area contributed by atoms with Gasteiger partial charge in [-0.25, -0.2) is 4.79 Å². The zero-order valence-electron chi connectivity index (χ0n) is 14.2. The van der Waals surface area contributed by atoms with Crippen LogP contribution in [0.3, 0.4) is 0 Å². The van der Waals surface area contributed by atoms with Gasteiger partial charge in [0.1, 0.15) is 0 Å². The Labute approximate surface area is 148 Å². The molecular weight excluding hydrogens is 312 g/mol. The third-order valence-electron chi connectivity index (χ3n) is 4.10. The Balaban J connectivity index is 1.34. The van der Waals surface area contributed by atoms with Gasteiger partial charge >= 0.3 is 6.03 Å². The van der Waals surface area contributed by atoms with E-state index < -0.39 is 0 Å². The Morgan fingerprint density at radius 1 is 1.04 bits per heavy atom. The fourth-order valence-corrected chi connectivity index (χ4v) is 2.76. The molecule has 0 unspecified atom stereocenters. The predicted octanol–water partition coefficient (Wildman–Crippen LogP) is 3.10. The van der Waals surface area contributed by atoms with Crippen molar-refractivity contribution in [3.8, 4) is 0 Å². The van der Waals surface area contributed by atoms with Gasteiger partial charge in [0.15, 0.2) is 0 Å². The van der Waals surface area contributed by atoms with Crippen molar-refractivity contribution in [2.24, 2.45) is 0 Å². The van der Waals surface area contributed by atoms with Crippen LogP contribution in [0, 0.1) is 0 Å². The fraction of sp³-hybridized carbons (Fsp3) is 0.250. The second-order valence-corrected chi connectivity index (χ2v) is 6.00. The maximum absolute atomic E-state index is 11.8. The van der Waals surface area contributed by atoms with Gasteiger partial charge in [-0.15, -0.1) is 0 Å². The van der Waals surface area contributed by atoms with E-state index in [9.17, 15) is 4.79 Å². The monoisotopic (exact) mass is 336 g/mol. The number of anilines is 1. The number of benzene rings is 2. The lowest BCUT2D eigenvalue weighted by molar-refractivity contribution is 0.249. The Hall–Kier alpha value is -2.79. The van der Waals surface area contributed by atoms with Crippen molar-refractivity contribution in [1.29, 1.82) is 0 Å². The SMILES string of the molecule is O=C(NCCCN1CC=C(c2ccccc2)NC1)Nc1ccccc1. The van der Waals surface area contributed by atoms with Crippen LogP contribution in [0.5, 0.6) is 0 Å². The molecule has 2 aromatic carbocycles. The highest BCUT2D eigenvalue weighted by Gasteiger charge is 2.11. The number of carbonyl (C=O) groups excluding carboxylic acids is 1. The first kappa shape index (κ1) is 17.0. The molecule has 0 saturated carbocycles. The van der Waals surface area contributed by atoms with Crippen LogP contribution in [-0.4, -0.2) is 37.2 Å². The van der Waals surface area contributed by atoms with Gasteiger partial charge in [-0.05, 0) is 30.2 Å². The first-order chi connectivity index (χ1) is 12.3. The van der Waals surface area contributed by atoms with Crippen molar-refractivity contribution < 1.29 is 4.79 Å². The number of rotatable bonds is 6. The maximum atomic E-state index is 11.8. The van der Waals surface area contributed by atoms with E-state index in [0.29, 0.717) is 6.54 Å². The molecule has 2 amide bonds. The zero-order chi connectivity index (χ0) is 17.3. The Bertz CT molecular complexity index is 700. The highest BCUT2D eigenvalue weighted by Crippen LogP contribution is 2.13. The van der Waals surface area contributed by atoms with Crippen LogP contribution in [0.4, 0.5) is 10.5 Å². The van der Waals surface area contributed by atoms with Crippen molar-refractivity contribution >= 4 is 17.4 Å². The first-order valence-corrected chi connectivity index (χ1v) is 8.63. The molecule has 3 rings (SSSR count). The lowest BCUT2D eigenvalue weighted by Crippen LogP contribution is -2.39. The van der Waals surface area contributed by atoms with Gasteiger partial charge in [0, 0.05) is 31.0 Å². The minimum Gasteiger partial charge on any atom is -0.372 e. The molecule has 3 N–H and O–H groups in total. The number of para-hydroxylation sites is 1. The second-order valence-electron chi connectivity index (χ2n) is 6.00. The van der Waals surface area contributed by atoms with Gasteiger partial charge in [0.05, 0.1) is 6.67 Å². The molecule has 0 aromatic heterocycles. The summed E-state index contributed by atoms with van der Waals surface area (Å²) >= 11 is 0. The molecule has 2 aromatic rings. The molecule has 25 heavy (non-hydrogen) atoms. The lowest BCUT2D eigenvalue weighted by atomic mass is 10.1. The number of nitrogens with one attached hydrogen (secondary N) is 3.